The summed E-state index contributed by atoms with van der Waals surface area (Å²) in [6, 6.07) is 0.158. The Labute approximate surface area is 96.8 Å². The fourth-order valence-corrected chi connectivity index (χ4v) is 2.27. The minimum Gasteiger partial charge on any atom is -0.374 e. The summed E-state index contributed by atoms with van der Waals surface area (Å²) < 4.78 is 7.60. The van der Waals surface area contributed by atoms with Gasteiger partial charge in [-0.2, -0.15) is 5.10 Å². The number of nitrogens with two attached hydrogens (primary N) is 1. The van der Waals surface area contributed by atoms with Gasteiger partial charge in [0.2, 0.25) is 0 Å². The Kier molecular flexibility index (Phi) is 3.61. The SMILES string of the molecule is CC1CCC(C(N)CCc2cnn(C)c2)O1. The molecular formula is C12H21N3O. The van der Waals surface area contributed by atoms with Crippen molar-refractivity contribution in [3.8, 4) is 0 Å². The molecule has 4 heteroatoms. The van der Waals surface area contributed by atoms with E-state index in [2.05, 4.69) is 12.0 Å². The molecular weight excluding hydrogens is 202 g/mol. The number of nitrogens with zero attached hydrogens (tertiary/aromatic N) is 2. The smallest absolute Gasteiger partial charge is 0.0730 e. The molecule has 4 nitrogen and oxygen atoms in total. The van der Waals surface area contributed by atoms with Gasteiger partial charge in [-0.3, -0.25) is 4.68 Å². The van der Waals surface area contributed by atoms with Gasteiger partial charge in [-0.05, 0) is 38.2 Å². The van der Waals surface area contributed by atoms with E-state index in [1.54, 1.807) is 0 Å². The lowest BCUT2D eigenvalue weighted by Gasteiger charge is -2.18. The number of hydrogen-bond donors (Lipinski definition) is 1. The average molecular weight is 223 g/mol. The Hall–Kier alpha value is -0.870. The molecule has 0 bridgehead atoms. The molecule has 0 radical (unpaired) electrons. The zero-order valence-electron chi connectivity index (χ0n) is 10.1. The van der Waals surface area contributed by atoms with Gasteiger partial charge in [-0.1, -0.05) is 0 Å². The summed E-state index contributed by atoms with van der Waals surface area (Å²) in [7, 11) is 1.94. The molecule has 1 fully saturated rings. The maximum Gasteiger partial charge on any atom is 0.0730 e. The maximum absolute atomic E-state index is 6.14. The predicted molar refractivity (Wildman–Crippen MR) is 63.1 cm³/mol. The fourth-order valence-electron chi connectivity index (χ4n) is 2.27. The number of ether oxygens (including phenoxy) is 1. The van der Waals surface area contributed by atoms with E-state index < -0.39 is 0 Å². The van der Waals surface area contributed by atoms with Crippen molar-refractivity contribution in [1.82, 2.24) is 9.78 Å². The second-order valence-electron chi connectivity index (χ2n) is 4.79. The Morgan fingerprint density at radius 3 is 3.00 bits per heavy atom. The van der Waals surface area contributed by atoms with Crippen LogP contribution in [0.1, 0.15) is 31.7 Å². The first-order valence-electron chi connectivity index (χ1n) is 6.03. The minimum absolute atomic E-state index is 0.158. The van der Waals surface area contributed by atoms with E-state index >= 15 is 0 Å². The molecule has 2 rings (SSSR count). The quantitative estimate of drug-likeness (QED) is 0.835. The Morgan fingerprint density at radius 1 is 1.62 bits per heavy atom. The summed E-state index contributed by atoms with van der Waals surface area (Å²) in [5.74, 6) is 0. The van der Waals surface area contributed by atoms with E-state index in [9.17, 15) is 0 Å². The third kappa shape index (κ3) is 2.83. The van der Waals surface area contributed by atoms with Gasteiger partial charge >= 0.3 is 0 Å². The number of hydrogen-bond acceptors (Lipinski definition) is 3. The molecule has 90 valence electrons. The highest BCUT2D eigenvalue weighted by Crippen LogP contribution is 2.22. The first-order valence-corrected chi connectivity index (χ1v) is 6.03. The van der Waals surface area contributed by atoms with Crippen LogP contribution in [-0.4, -0.2) is 28.0 Å². The second-order valence-corrected chi connectivity index (χ2v) is 4.79. The second kappa shape index (κ2) is 4.97. The summed E-state index contributed by atoms with van der Waals surface area (Å²) >= 11 is 0. The molecule has 3 atom stereocenters. The zero-order chi connectivity index (χ0) is 11.5. The van der Waals surface area contributed by atoms with Gasteiger partial charge in [0.1, 0.15) is 0 Å². The molecule has 0 aromatic carbocycles. The van der Waals surface area contributed by atoms with Gasteiger partial charge in [0.25, 0.3) is 0 Å². The van der Waals surface area contributed by atoms with Crippen LogP contribution in [0, 0.1) is 0 Å². The molecule has 1 saturated heterocycles. The number of aromatic nitrogens is 2. The van der Waals surface area contributed by atoms with E-state index in [-0.39, 0.29) is 12.1 Å². The van der Waals surface area contributed by atoms with Crippen molar-refractivity contribution in [2.45, 2.75) is 50.9 Å². The van der Waals surface area contributed by atoms with Gasteiger partial charge in [0, 0.05) is 19.3 Å². The Balaban J connectivity index is 1.77. The minimum atomic E-state index is 0.158. The van der Waals surface area contributed by atoms with Crippen molar-refractivity contribution >= 4 is 0 Å². The molecule has 1 aliphatic heterocycles. The zero-order valence-corrected chi connectivity index (χ0v) is 10.1. The molecule has 2 N–H and O–H groups in total. The van der Waals surface area contributed by atoms with Crippen LogP contribution < -0.4 is 5.73 Å². The van der Waals surface area contributed by atoms with Crippen molar-refractivity contribution < 1.29 is 4.74 Å². The lowest BCUT2D eigenvalue weighted by atomic mass is 10.0. The van der Waals surface area contributed by atoms with Crippen molar-refractivity contribution in [1.29, 1.82) is 0 Å². The predicted octanol–water partition coefficient (Wildman–Crippen LogP) is 1.25. The largest absolute Gasteiger partial charge is 0.374 e. The monoisotopic (exact) mass is 223 g/mol. The summed E-state index contributed by atoms with van der Waals surface area (Å²) in [5, 5.41) is 4.15. The lowest BCUT2D eigenvalue weighted by molar-refractivity contribution is 0.0388. The molecule has 1 aromatic rings. The molecule has 2 heterocycles. The van der Waals surface area contributed by atoms with Crippen molar-refractivity contribution in [2.75, 3.05) is 0 Å². The lowest BCUT2D eigenvalue weighted by Crippen LogP contribution is -2.35. The van der Waals surface area contributed by atoms with Crippen molar-refractivity contribution in [3.63, 3.8) is 0 Å². The molecule has 1 aliphatic rings. The molecule has 0 saturated carbocycles. The fraction of sp³-hybridized carbons (Fsp3) is 0.750. The molecule has 0 aliphatic carbocycles. The van der Waals surface area contributed by atoms with Crippen molar-refractivity contribution in [3.05, 3.63) is 18.0 Å². The van der Waals surface area contributed by atoms with Crippen LogP contribution in [-0.2, 0) is 18.2 Å². The molecule has 16 heavy (non-hydrogen) atoms. The van der Waals surface area contributed by atoms with Gasteiger partial charge in [-0.15, -0.1) is 0 Å². The standard InChI is InChI=1S/C12H21N3O/c1-9-3-6-12(16-9)11(13)5-4-10-7-14-15(2)8-10/h7-9,11-12H,3-6,13H2,1-2H3. The first kappa shape index (κ1) is 11.6. The Morgan fingerprint density at radius 2 is 2.44 bits per heavy atom. The molecule has 1 aromatic heterocycles. The van der Waals surface area contributed by atoms with Gasteiger partial charge in [-0.25, -0.2) is 0 Å². The van der Waals surface area contributed by atoms with Gasteiger partial charge < -0.3 is 10.5 Å². The third-order valence-corrected chi connectivity index (χ3v) is 3.27. The van der Waals surface area contributed by atoms with E-state index in [4.69, 9.17) is 10.5 Å². The summed E-state index contributed by atoms with van der Waals surface area (Å²) in [5.41, 5.74) is 7.40. The van der Waals surface area contributed by atoms with Crippen LogP contribution >= 0.6 is 0 Å². The molecule has 3 unspecified atom stereocenters. The van der Waals surface area contributed by atoms with Crippen LogP contribution in [0.3, 0.4) is 0 Å². The topological polar surface area (TPSA) is 53.1 Å². The summed E-state index contributed by atoms with van der Waals surface area (Å²) in [6.07, 6.45) is 8.81. The highest BCUT2D eigenvalue weighted by atomic mass is 16.5. The van der Waals surface area contributed by atoms with Crippen LogP contribution in [0.5, 0.6) is 0 Å². The maximum atomic E-state index is 6.14. The normalized spacial score (nSPS) is 27.2. The summed E-state index contributed by atoms with van der Waals surface area (Å²) in [4.78, 5) is 0. The van der Waals surface area contributed by atoms with Crippen LogP contribution in [0.2, 0.25) is 0 Å². The van der Waals surface area contributed by atoms with E-state index in [0.717, 1.165) is 25.7 Å². The van der Waals surface area contributed by atoms with Crippen LogP contribution in [0.15, 0.2) is 12.4 Å². The molecule has 0 amide bonds. The highest BCUT2D eigenvalue weighted by Gasteiger charge is 2.26. The first-order chi connectivity index (χ1) is 7.65. The molecule has 0 spiro atoms. The summed E-state index contributed by atoms with van der Waals surface area (Å²) in [6.45, 7) is 2.12. The third-order valence-electron chi connectivity index (χ3n) is 3.27. The van der Waals surface area contributed by atoms with E-state index in [0.29, 0.717) is 6.10 Å². The average Bonchev–Trinajstić information content (AvgIpc) is 2.84. The van der Waals surface area contributed by atoms with Gasteiger partial charge in [0.05, 0.1) is 18.4 Å². The van der Waals surface area contributed by atoms with Crippen LogP contribution in [0.4, 0.5) is 0 Å². The van der Waals surface area contributed by atoms with Gasteiger partial charge in [0.15, 0.2) is 0 Å². The Bertz CT molecular complexity index is 337. The van der Waals surface area contributed by atoms with Crippen molar-refractivity contribution in [2.24, 2.45) is 12.8 Å². The van der Waals surface area contributed by atoms with E-state index in [1.165, 1.54) is 5.56 Å². The number of aryl methyl sites for hydroxylation is 2. The number of rotatable bonds is 4. The highest BCUT2D eigenvalue weighted by molar-refractivity contribution is 5.04. The van der Waals surface area contributed by atoms with E-state index in [1.807, 2.05) is 24.1 Å². The van der Waals surface area contributed by atoms with Crippen LogP contribution in [0.25, 0.3) is 0 Å².